The maximum absolute atomic E-state index is 13.3. The van der Waals surface area contributed by atoms with Gasteiger partial charge in [0.25, 0.3) is 60.7 Å². The molecular weight excluding hydrogens is 1070 g/mol. The Morgan fingerprint density at radius 3 is 1.00 bits per heavy atom. The maximum Gasteiger partial charge on any atom is 0.295 e. The number of aromatic nitrogens is 6. The first-order valence-corrected chi connectivity index (χ1v) is 28.5. The normalized spacial score (nSPS) is 13.5. The number of rotatable bonds is 10. The van der Waals surface area contributed by atoms with Crippen molar-refractivity contribution in [1.82, 2.24) is 30.0 Å². The molecule has 0 saturated carbocycles. The summed E-state index contributed by atoms with van der Waals surface area (Å²) >= 11 is 0. The first-order valence-electron chi connectivity index (χ1n) is 19.9. The molecule has 6 N–H and O–H groups in total. The molecule has 0 radical (unpaired) electrons. The predicted molar refractivity (Wildman–Crippen MR) is 253 cm³/mol. The summed E-state index contributed by atoms with van der Waals surface area (Å²) < 4.78 is 211. The molecule has 2 heterocycles. The van der Waals surface area contributed by atoms with Crippen LogP contribution in [-0.4, -0.2) is 108 Å². The number of hydrogen-bond donors (Lipinski definition) is 6. The van der Waals surface area contributed by atoms with Crippen molar-refractivity contribution in [2.45, 2.75) is 29.4 Å². The van der Waals surface area contributed by atoms with E-state index in [0.29, 0.717) is 12.1 Å². The molecule has 0 aliphatic carbocycles. The second kappa shape index (κ2) is 15.2. The Kier molecular flexibility index (Phi) is 9.93. The Bertz CT molecular complexity index is 4650. The van der Waals surface area contributed by atoms with Crippen molar-refractivity contribution in [2.24, 2.45) is 0 Å². The van der Waals surface area contributed by atoms with Crippen LogP contribution >= 0.6 is 0 Å². The summed E-state index contributed by atoms with van der Waals surface area (Å²) in [6, 6.07) is 22.3. The van der Waals surface area contributed by atoms with Crippen LogP contribution in [0.4, 0.5) is 0 Å². The van der Waals surface area contributed by atoms with Crippen molar-refractivity contribution in [3.8, 4) is 33.6 Å². The third kappa shape index (κ3) is 7.50. The Labute approximate surface area is 403 Å². The summed E-state index contributed by atoms with van der Waals surface area (Å²) in [5, 5.41) is 16.9. The Morgan fingerprint density at radius 1 is 0.333 bits per heavy atom. The molecular formula is C42H24N6O18S6. The summed E-state index contributed by atoms with van der Waals surface area (Å²) in [7, 11) is -30.4. The maximum atomic E-state index is 13.3. The predicted octanol–water partition coefficient (Wildman–Crippen LogP) is 5.46. The fraction of sp³-hybridized carbons (Fsp3) is 0. The van der Waals surface area contributed by atoms with Gasteiger partial charge in [0, 0.05) is 43.4 Å². The van der Waals surface area contributed by atoms with Gasteiger partial charge in [0.2, 0.25) is 0 Å². The van der Waals surface area contributed by atoms with E-state index < -0.39 is 90.1 Å². The average molecular weight is 1090 g/mol. The number of fused-ring (bicyclic) bond motifs is 12. The standard InChI is InChI=1S/C42H24N6O18S6/c49-67(50,51)23-15-29-25(35(17-23)69(55,56)57)9-11-31-39(29)45-47(43-31)33-13-21-5-7-27(33)41(71(61,62)63)37(21)19-1-2-20(4-3-19)38-22-6-8-28(42(38)72(64,65)66)34(14-22)48-44-32-12-10-26-30(40(32)46-48)16-24(68(52,53)54)18-36(26)70(58,59)60/h1-18H,(H,49,50,51)(H,52,53,54)(H,55,56,57)(H,58,59,60)(H,61,62,63)(H,64,65,66). The first-order chi connectivity index (χ1) is 33.5. The summed E-state index contributed by atoms with van der Waals surface area (Å²) in [6.45, 7) is 0. The average Bonchev–Trinajstić information content (AvgIpc) is 3.95. The van der Waals surface area contributed by atoms with Gasteiger partial charge in [0.05, 0.1) is 21.2 Å². The summed E-state index contributed by atoms with van der Waals surface area (Å²) in [6.07, 6.45) is 0. The van der Waals surface area contributed by atoms with Crippen molar-refractivity contribution >= 4 is 126 Å². The van der Waals surface area contributed by atoms with Gasteiger partial charge in [-0.15, -0.1) is 30.0 Å². The molecule has 2 aromatic heterocycles. The van der Waals surface area contributed by atoms with Gasteiger partial charge in [0.15, 0.2) is 0 Å². The molecule has 0 fully saturated rings. The van der Waals surface area contributed by atoms with Crippen molar-refractivity contribution < 1.29 is 77.8 Å². The lowest BCUT2D eigenvalue weighted by Crippen LogP contribution is -2.09. The number of nitrogens with zero attached hydrogens (tertiary/aromatic N) is 6. The Morgan fingerprint density at radius 2 is 0.681 bits per heavy atom. The van der Waals surface area contributed by atoms with Gasteiger partial charge in [-0.3, -0.25) is 27.3 Å². The van der Waals surface area contributed by atoms with E-state index >= 15 is 0 Å². The molecule has 0 spiro atoms. The van der Waals surface area contributed by atoms with Gasteiger partial charge in [0.1, 0.15) is 41.6 Å². The van der Waals surface area contributed by atoms with Crippen LogP contribution in [0.5, 0.6) is 0 Å². The molecule has 11 aromatic carbocycles. The molecule has 0 aliphatic heterocycles. The van der Waals surface area contributed by atoms with Crippen LogP contribution in [0, 0.1) is 0 Å². The minimum atomic E-state index is -5.11. The van der Waals surface area contributed by atoms with Crippen molar-refractivity contribution in [1.29, 1.82) is 0 Å². The zero-order valence-electron chi connectivity index (χ0n) is 35.1. The van der Waals surface area contributed by atoms with Crippen molar-refractivity contribution in [2.75, 3.05) is 0 Å². The van der Waals surface area contributed by atoms with Gasteiger partial charge < -0.3 is 0 Å². The molecule has 366 valence electrons. The van der Waals surface area contributed by atoms with Crippen LogP contribution in [0.3, 0.4) is 0 Å². The molecule has 0 amide bonds. The Hall–Kier alpha value is -7.20. The van der Waals surface area contributed by atoms with Crippen LogP contribution in [0.15, 0.2) is 139 Å². The summed E-state index contributed by atoms with van der Waals surface area (Å²) in [4.78, 5) is -2.82. The lowest BCUT2D eigenvalue weighted by atomic mass is 9.92. The number of benzene rings is 11. The van der Waals surface area contributed by atoms with E-state index in [-0.39, 0.29) is 98.8 Å². The van der Waals surface area contributed by atoms with E-state index in [1.165, 1.54) is 84.9 Å². The topological polar surface area (TPSA) is 388 Å². The van der Waals surface area contributed by atoms with Gasteiger partial charge >= 0.3 is 0 Å². The highest BCUT2D eigenvalue weighted by molar-refractivity contribution is 7.87. The largest absolute Gasteiger partial charge is 0.295 e. The van der Waals surface area contributed by atoms with Gasteiger partial charge in [-0.05, 0) is 70.4 Å². The van der Waals surface area contributed by atoms with E-state index in [0.717, 1.165) is 21.7 Å². The van der Waals surface area contributed by atoms with E-state index in [2.05, 4.69) is 20.4 Å². The van der Waals surface area contributed by atoms with Crippen molar-refractivity contribution in [3.63, 3.8) is 0 Å². The number of hydrogen-bond acceptors (Lipinski definition) is 16. The smallest absolute Gasteiger partial charge is 0.282 e. The fourth-order valence-corrected chi connectivity index (χ4v) is 13.6. The lowest BCUT2D eigenvalue weighted by molar-refractivity contribution is 0.477. The van der Waals surface area contributed by atoms with Gasteiger partial charge in [-0.25, -0.2) is 0 Å². The van der Waals surface area contributed by atoms with E-state index in [1.807, 2.05) is 0 Å². The van der Waals surface area contributed by atoms with Crippen LogP contribution in [0.1, 0.15) is 0 Å². The van der Waals surface area contributed by atoms with Crippen LogP contribution in [0.25, 0.3) is 98.8 Å². The van der Waals surface area contributed by atoms with E-state index in [1.54, 1.807) is 0 Å². The monoisotopic (exact) mass is 1090 g/mol. The second-order valence-electron chi connectivity index (χ2n) is 16.2. The van der Waals surface area contributed by atoms with E-state index in [9.17, 15) is 77.8 Å². The zero-order valence-corrected chi connectivity index (χ0v) is 40.0. The molecule has 24 nitrogen and oxygen atoms in total. The Balaban J connectivity index is 1.02. The van der Waals surface area contributed by atoms with Crippen LogP contribution in [-0.2, 0) is 60.7 Å². The van der Waals surface area contributed by atoms with Crippen molar-refractivity contribution in [3.05, 3.63) is 109 Å². The zero-order chi connectivity index (χ0) is 51.6. The lowest BCUT2D eigenvalue weighted by Gasteiger charge is -2.19. The molecule has 72 heavy (non-hydrogen) atoms. The minimum Gasteiger partial charge on any atom is -0.282 e. The molecule has 4 bridgehead atoms. The molecule has 0 atom stereocenters. The molecule has 13 rings (SSSR count). The molecule has 0 aliphatic rings. The fourth-order valence-electron chi connectivity index (χ4n) is 9.00. The molecule has 13 aromatic rings. The highest BCUT2D eigenvalue weighted by Gasteiger charge is 2.31. The van der Waals surface area contributed by atoms with Gasteiger partial charge in [-0.2, -0.15) is 50.5 Å². The molecule has 0 unspecified atom stereocenters. The molecule has 0 saturated heterocycles. The first kappa shape index (κ1) is 47.1. The van der Waals surface area contributed by atoms with Crippen LogP contribution < -0.4 is 0 Å². The molecule has 30 heteroatoms. The van der Waals surface area contributed by atoms with E-state index in [4.69, 9.17) is 0 Å². The highest BCUT2D eigenvalue weighted by Crippen LogP contribution is 2.45. The summed E-state index contributed by atoms with van der Waals surface area (Å²) in [5.74, 6) is 0. The third-order valence-electron chi connectivity index (χ3n) is 11.9. The van der Waals surface area contributed by atoms with Crippen LogP contribution in [0.2, 0.25) is 0 Å². The summed E-state index contributed by atoms with van der Waals surface area (Å²) in [5.41, 5.74) is 0.0957. The third-order valence-corrected chi connectivity index (χ3v) is 17.2. The second-order valence-corrected chi connectivity index (χ2v) is 24.5. The minimum absolute atomic E-state index is 0.0157. The SMILES string of the molecule is O=S(=O)(O)c1cc(S(=O)(=O)O)c2ccc3nn(-c4cc5ccc4c(S(=O)(=O)O)c5-c4ccc(-c5c(S(=O)(=O)O)c6ccc5cc6-n5nc6ccc7c(S(=O)(=O)O)cc(S(=O)(=O)O)cc7c6n5)cc4)nc3c2c1. The highest BCUT2D eigenvalue weighted by atomic mass is 32.2. The quantitative estimate of drug-likeness (QED) is 0.0926. The van der Waals surface area contributed by atoms with Gasteiger partial charge in [-0.1, -0.05) is 60.7 Å².